The Labute approximate surface area is 52.0 Å². The minimum absolute atomic E-state index is 0.606. The van der Waals surface area contributed by atoms with Crippen molar-refractivity contribution in [2.45, 2.75) is 0 Å². The Bertz CT molecular complexity index is 116. The first kappa shape index (κ1) is 7.45. The van der Waals surface area contributed by atoms with Crippen molar-refractivity contribution in [2.24, 2.45) is 0 Å². The molecule has 0 spiro atoms. The molecule has 0 rings (SSSR count). The molecule has 0 aromatic carbocycles. The highest BCUT2D eigenvalue weighted by atomic mass is 31.0. The van der Waals surface area contributed by atoms with E-state index >= 15 is 0 Å². The third-order valence-electron chi connectivity index (χ3n) is 0.570. The Hall–Kier alpha value is -0.550. The molecule has 0 saturated carbocycles. The Morgan fingerprint density at radius 3 is 2.62 bits per heavy atom. The van der Waals surface area contributed by atoms with Gasteiger partial charge in [0.05, 0.1) is 9.47 Å². The van der Waals surface area contributed by atoms with Crippen molar-refractivity contribution in [3.05, 3.63) is 37.1 Å². The van der Waals surface area contributed by atoms with Crippen molar-refractivity contribution in [3.63, 3.8) is 0 Å². The molecule has 0 aliphatic rings. The largest absolute Gasteiger partial charge is 0.481 e. The van der Waals surface area contributed by atoms with Gasteiger partial charge in [0.25, 0.3) is 0 Å². The van der Waals surface area contributed by atoms with Crippen LogP contribution in [0.2, 0.25) is 0 Å². The van der Waals surface area contributed by atoms with Gasteiger partial charge >= 0.3 is 0 Å². The van der Waals surface area contributed by atoms with Crippen molar-refractivity contribution in [3.8, 4) is 0 Å². The molecule has 0 heterocycles. The van der Waals surface area contributed by atoms with Gasteiger partial charge in [-0.2, -0.15) is 0 Å². The van der Waals surface area contributed by atoms with Gasteiger partial charge in [0.1, 0.15) is 5.76 Å². The van der Waals surface area contributed by atoms with Crippen molar-refractivity contribution in [1.29, 1.82) is 0 Å². The molecule has 2 heteroatoms. The third kappa shape index (κ3) is 3.63. The highest BCUT2D eigenvalue weighted by Crippen LogP contribution is 1.99. The highest BCUT2D eigenvalue weighted by molar-refractivity contribution is 7.10. The van der Waals surface area contributed by atoms with E-state index in [9.17, 15) is 0 Å². The average Bonchev–Trinajstić information content (AvgIpc) is 1.83. The lowest BCUT2D eigenvalue weighted by molar-refractivity contribution is 0.524. The van der Waals surface area contributed by atoms with Gasteiger partial charge in [-0.05, 0) is 6.08 Å². The molecule has 1 unspecified atom stereocenters. The van der Waals surface area contributed by atoms with Gasteiger partial charge in [0, 0.05) is 0 Å². The van der Waals surface area contributed by atoms with E-state index in [1.54, 1.807) is 18.2 Å². The molecular formula is C6H9OP. The number of rotatable bonds is 3. The van der Waals surface area contributed by atoms with Crippen molar-refractivity contribution < 1.29 is 4.52 Å². The van der Waals surface area contributed by atoms with E-state index in [0.29, 0.717) is 5.76 Å². The van der Waals surface area contributed by atoms with E-state index in [0.717, 1.165) is 0 Å². The molecule has 1 atom stereocenters. The molecule has 0 aliphatic carbocycles. The molecule has 44 valence electrons. The lowest BCUT2D eigenvalue weighted by Crippen LogP contribution is -1.67. The zero-order valence-electron chi connectivity index (χ0n) is 4.63. The second-order valence-electron chi connectivity index (χ2n) is 1.18. The van der Waals surface area contributed by atoms with Crippen LogP contribution in [0.15, 0.2) is 37.1 Å². The number of hydrogen-bond acceptors (Lipinski definition) is 1. The lowest BCUT2D eigenvalue weighted by Gasteiger charge is -1.91. The quantitative estimate of drug-likeness (QED) is 0.321. The topological polar surface area (TPSA) is 9.23 Å². The fourth-order valence-corrected chi connectivity index (χ4v) is 0.293. The predicted octanol–water partition coefficient (Wildman–Crippen LogP) is 2.05. The second-order valence-corrected chi connectivity index (χ2v) is 1.41. The number of allylic oxidation sites excluding steroid dienone is 3. The molecule has 1 nitrogen and oxygen atoms in total. The fraction of sp³-hybridized carbons (Fsp3) is 0. The highest BCUT2D eigenvalue weighted by Gasteiger charge is 1.75. The zero-order valence-corrected chi connectivity index (χ0v) is 5.79. The zero-order chi connectivity index (χ0) is 6.41. The lowest BCUT2D eigenvalue weighted by atomic mass is 10.4. The summed E-state index contributed by atoms with van der Waals surface area (Å²) in [5.74, 6) is 0.606. The van der Waals surface area contributed by atoms with Gasteiger partial charge in [-0.3, -0.25) is 0 Å². The molecular weight excluding hydrogens is 119 g/mol. The Morgan fingerprint density at radius 1 is 1.62 bits per heavy atom. The molecule has 0 N–H and O–H groups in total. The summed E-state index contributed by atoms with van der Waals surface area (Å²) < 4.78 is 4.64. The van der Waals surface area contributed by atoms with Gasteiger partial charge in [0.2, 0.25) is 0 Å². The Balaban J connectivity index is 3.52. The van der Waals surface area contributed by atoms with E-state index < -0.39 is 0 Å². The van der Waals surface area contributed by atoms with Crippen LogP contribution in [0.25, 0.3) is 0 Å². The van der Waals surface area contributed by atoms with Crippen LogP contribution < -0.4 is 0 Å². The van der Waals surface area contributed by atoms with Gasteiger partial charge in [-0.25, -0.2) is 0 Å². The summed E-state index contributed by atoms with van der Waals surface area (Å²) in [5.41, 5.74) is 0. The maximum absolute atomic E-state index is 4.64. The molecule has 0 fully saturated rings. The minimum Gasteiger partial charge on any atom is -0.481 e. The molecule has 0 aliphatic heterocycles. The van der Waals surface area contributed by atoms with Crippen molar-refractivity contribution in [2.75, 3.05) is 0 Å². The van der Waals surface area contributed by atoms with Gasteiger partial charge in [-0.1, -0.05) is 25.3 Å². The molecule has 0 aromatic rings. The number of hydrogen-bond donors (Lipinski definition) is 0. The van der Waals surface area contributed by atoms with Crippen LogP contribution in [-0.4, -0.2) is 0 Å². The Morgan fingerprint density at radius 2 is 2.25 bits per heavy atom. The summed E-state index contributed by atoms with van der Waals surface area (Å²) in [4.78, 5) is 0. The molecule has 0 bridgehead atoms. The molecule has 0 aromatic heterocycles. The SMILES string of the molecule is C=C/C=C\C(=C)OP. The van der Waals surface area contributed by atoms with Crippen molar-refractivity contribution >= 4 is 9.47 Å². The van der Waals surface area contributed by atoms with E-state index in [1.807, 2.05) is 0 Å². The summed E-state index contributed by atoms with van der Waals surface area (Å²) >= 11 is 0. The van der Waals surface area contributed by atoms with Crippen LogP contribution in [0.5, 0.6) is 0 Å². The van der Waals surface area contributed by atoms with E-state index in [1.165, 1.54) is 0 Å². The smallest absolute Gasteiger partial charge is 0.115 e. The summed E-state index contributed by atoms with van der Waals surface area (Å²) in [6.45, 7) is 7.01. The van der Waals surface area contributed by atoms with Crippen LogP contribution >= 0.6 is 9.47 Å². The first-order valence-electron chi connectivity index (χ1n) is 2.16. The van der Waals surface area contributed by atoms with Crippen LogP contribution in [-0.2, 0) is 4.52 Å². The Kier molecular flexibility index (Phi) is 4.29. The third-order valence-corrected chi connectivity index (χ3v) is 0.872. The molecule has 0 amide bonds. The summed E-state index contributed by atoms with van der Waals surface area (Å²) in [5, 5.41) is 0. The van der Waals surface area contributed by atoms with Crippen molar-refractivity contribution in [1.82, 2.24) is 0 Å². The van der Waals surface area contributed by atoms with Gasteiger partial charge < -0.3 is 4.52 Å². The standard InChI is InChI=1S/C6H9OP/c1-3-4-5-6(2)7-8/h3-5H,1-2,8H2/b5-4-. The van der Waals surface area contributed by atoms with Gasteiger partial charge in [-0.15, -0.1) is 0 Å². The molecule has 8 heavy (non-hydrogen) atoms. The average molecular weight is 128 g/mol. The van der Waals surface area contributed by atoms with Gasteiger partial charge in [0.15, 0.2) is 0 Å². The summed E-state index contributed by atoms with van der Waals surface area (Å²) in [6, 6.07) is 0. The first-order chi connectivity index (χ1) is 3.81. The van der Waals surface area contributed by atoms with Crippen LogP contribution in [0.3, 0.4) is 0 Å². The molecule has 0 saturated heterocycles. The first-order valence-corrected chi connectivity index (χ1v) is 2.63. The summed E-state index contributed by atoms with van der Waals surface area (Å²) in [6.07, 6.45) is 5.14. The maximum atomic E-state index is 4.64. The van der Waals surface area contributed by atoms with Crippen LogP contribution in [0, 0.1) is 0 Å². The predicted molar refractivity (Wildman–Crippen MR) is 39.3 cm³/mol. The second kappa shape index (κ2) is 4.61. The summed E-state index contributed by atoms with van der Waals surface area (Å²) in [7, 11) is 2.10. The van der Waals surface area contributed by atoms with E-state index in [-0.39, 0.29) is 0 Å². The van der Waals surface area contributed by atoms with E-state index in [4.69, 9.17) is 0 Å². The maximum Gasteiger partial charge on any atom is 0.115 e. The van der Waals surface area contributed by atoms with Crippen LogP contribution in [0.4, 0.5) is 0 Å². The normalized spacial score (nSPS) is 9.12. The fourth-order valence-electron chi connectivity index (χ4n) is 0.215. The minimum atomic E-state index is 0.606. The van der Waals surface area contributed by atoms with E-state index in [2.05, 4.69) is 27.1 Å². The monoisotopic (exact) mass is 128 g/mol. The van der Waals surface area contributed by atoms with Crippen LogP contribution in [0.1, 0.15) is 0 Å². The molecule has 0 radical (unpaired) electrons.